The van der Waals surface area contributed by atoms with Crippen molar-refractivity contribution >= 4 is 34.1 Å². The lowest BCUT2D eigenvalue weighted by atomic mass is 10.2. The molecule has 1 saturated heterocycles. The zero-order chi connectivity index (χ0) is 28.1. The van der Waals surface area contributed by atoms with Gasteiger partial charge in [-0.15, -0.1) is 0 Å². The monoisotopic (exact) mass is 550 g/mol. The number of methoxy groups -OCH3 is 1. The number of fused-ring (bicyclic) bond motifs is 1. The van der Waals surface area contributed by atoms with Gasteiger partial charge in [0.2, 0.25) is 5.91 Å². The van der Waals surface area contributed by atoms with Gasteiger partial charge in [-0.2, -0.15) is 5.10 Å². The molecular weight excluding hydrogens is 520 g/mol. The van der Waals surface area contributed by atoms with E-state index >= 15 is 0 Å². The highest BCUT2D eigenvalue weighted by molar-refractivity contribution is 5.93. The zero-order valence-corrected chi connectivity index (χ0v) is 22.1. The summed E-state index contributed by atoms with van der Waals surface area (Å²) in [5, 5.41) is 10.5. The molecule has 1 fully saturated rings. The second-order valence-electron chi connectivity index (χ2n) is 9.45. The first-order valence-corrected chi connectivity index (χ1v) is 13.0. The molecule has 2 N–H and O–H groups in total. The van der Waals surface area contributed by atoms with Crippen molar-refractivity contribution in [3.8, 4) is 11.5 Å². The quantitative estimate of drug-likeness (QED) is 0.262. The van der Waals surface area contributed by atoms with Gasteiger partial charge in [0.05, 0.1) is 24.9 Å². The van der Waals surface area contributed by atoms with Gasteiger partial charge in [-0.25, -0.2) is 18.7 Å². The first-order valence-electron chi connectivity index (χ1n) is 13.0. The van der Waals surface area contributed by atoms with E-state index in [4.69, 9.17) is 9.47 Å². The van der Waals surface area contributed by atoms with Crippen molar-refractivity contribution in [1.82, 2.24) is 24.6 Å². The summed E-state index contributed by atoms with van der Waals surface area (Å²) in [6.45, 7) is 6.55. The van der Waals surface area contributed by atoms with E-state index in [0.29, 0.717) is 46.7 Å². The van der Waals surface area contributed by atoms with E-state index in [1.807, 2.05) is 6.07 Å². The number of aromatic nitrogens is 4. The van der Waals surface area contributed by atoms with Crippen LogP contribution in [0.5, 0.6) is 11.5 Å². The number of amides is 1. The number of halogens is 2. The highest BCUT2D eigenvalue weighted by atomic mass is 19.2. The third-order valence-corrected chi connectivity index (χ3v) is 6.69. The number of nitrogens with zero attached hydrogens (tertiary/aromatic N) is 5. The summed E-state index contributed by atoms with van der Waals surface area (Å²) in [6, 6.07) is 9.23. The van der Waals surface area contributed by atoms with Crippen LogP contribution in [0.3, 0.4) is 0 Å². The van der Waals surface area contributed by atoms with Gasteiger partial charge in [0, 0.05) is 36.3 Å². The van der Waals surface area contributed by atoms with Gasteiger partial charge in [0.15, 0.2) is 29.0 Å². The van der Waals surface area contributed by atoms with Crippen molar-refractivity contribution in [2.45, 2.75) is 31.8 Å². The molecule has 1 aliphatic heterocycles. The lowest BCUT2D eigenvalue weighted by Gasteiger charge is -2.20. The summed E-state index contributed by atoms with van der Waals surface area (Å²) in [7, 11) is 1.57. The molecule has 0 bridgehead atoms. The molecule has 1 radical (unpaired) electrons. The Bertz CT molecular complexity index is 1500. The fraction of sp³-hybridized carbons (Fsp3) is 0.321. The Morgan fingerprint density at radius 1 is 1.20 bits per heavy atom. The molecule has 0 saturated carbocycles. The third-order valence-electron chi connectivity index (χ3n) is 6.69. The van der Waals surface area contributed by atoms with E-state index in [2.05, 4.69) is 37.5 Å². The van der Waals surface area contributed by atoms with Crippen LogP contribution in [-0.4, -0.2) is 63.4 Å². The maximum Gasteiger partial charge on any atom is 0.246 e. The van der Waals surface area contributed by atoms with E-state index in [-0.39, 0.29) is 12.2 Å². The fourth-order valence-corrected chi connectivity index (χ4v) is 4.65. The average Bonchev–Trinajstić information content (AvgIpc) is 3.56. The van der Waals surface area contributed by atoms with Gasteiger partial charge < -0.3 is 25.0 Å². The molecule has 40 heavy (non-hydrogen) atoms. The smallest absolute Gasteiger partial charge is 0.246 e. The first kappa shape index (κ1) is 27.3. The van der Waals surface area contributed by atoms with Gasteiger partial charge in [-0.3, -0.25) is 9.48 Å². The summed E-state index contributed by atoms with van der Waals surface area (Å²) in [5.41, 5.74) is 0.417. The molecule has 0 aliphatic carbocycles. The fourth-order valence-electron chi connectivity index (χ4n) is 4.65. The number of hydrogen-bond acceptors (Lipinski definition) is 8. The molecule has 1 aliphatic rings. The van der Waals surface area contributed by atoms with Gasteiger partial charge in [-0.05, 0) is 50.9 Å². The van der Waals surface area contributed by atoms with Crippen LogP contribution < -0.4 is 20.1 Å². The molecule has 209 valence electrons. The van der Waals surface area contributed by atoms with Crippen LogP contribution in [0.4, 0.5) is 26.1 Å². The molecule has 2 aromatic heterocycles. The highest BCUT2D eigenvalue weighted by Crippen LogP contribution is 2.34. The van der Waals surface area contributed by atoms with Gasteiger partial charge in [-0.1, -0.05) is 6.07 Å². The van der Waals surface area contributed by atoms with Crippen LogP contribution in [0.2, 0.25) is 0 Å². The van der Waals surface area contributed by atoms with Gasteiger partial charge in [0.1, 0.15) is 18.7 Å². The van der Waals surface area contributed by atoms with Crippen molar-refractivity contribution in [3.05, 3.63) is 67.5 Å². The van der Waals surface area contributed by atoms with Crippen LogP contribution >= 0.6 is 0 Å². The predicted molar refractivity (Wildman–Crippen MR) is 147 cm³/mol. The van der Waals surface area contributed by atoms with Crippen LogP contribution in [0.1, 0.15) is 19.3 Å². The zero-order valence-electron chi connectivity index (χ0n) is 22.1. The van der Waals surface area contributed by atoms with E-state index in [0.717, 1.165) is 32.0 Å². The van der Waals surface area contributed by atoms with Gasteiger partial charge >= 0.3 is 0 Å². The lowest BCUT2D eigenvalue weighted by molar-refractivity contribution is -0.116. The Morgan fingerprint density at radius 3 is 2.88 bits per heavy atom. The number of hydrogen-bond donors (Lipinski definition) is 2. The first-order chi connectivity index (χ1) is 19.4. The molecule has 4 aromatic rings. The molecule has 0 unspecified atom stereocenters. The molecule has 0 spiro atoms. The Hall–Kier alpha value is -4.32. The number of rotatable bonds is 11. The Balaban J connectivity index is 1.23. The second-order valence-corrected chi connectivity index (χ2v) is 9.45. The van der Waals surface area contributed by atoms with Crippen molar-refractivity contribution in [1.29, 1.82) is 0 Å². The highest BCUT2D eigenvalue weighted by Gasteiger charge is 2.20. The number of carbonyl (C=O) groups is 1. The van der Waals surface area contributed by atoms with E-state index in [1.165, 1.54) is 29.6 Å². The number of benzene rings is 2. The number of anilines is 3. The minimum Gasteiger partial charge on any atom is -0.493 e. The molecule has 5 rings (SSSR count). The molecule has 12 heteroatoms. The molecule has 2 aromatic carbocycles. The largest absolute Gasteiger partial charge is 0.493 e. The number of ether oxygens (including phenoxy) is 2. The van der Waals surface area contributed by atoms with Crippen molar-refractivity contribution < 1.29 is 23.0 Å². The van der Waals surface area contributed by atoms with Crippen molar-refractivity contribution in [2.75, 3.05) is 37.4 Å². The van der Waals surface area contributed by atoms with Crippen molar-refractivity contribution in [2.24, 2.45) is 0 Å². The average molecular weight is 551 g/mol. The molecule has 1 amide bonds. The second kappa shape index (κ2) is 12.2. The van der Waals surface area contributed by atoms with E-state index in [1.54, 1.807) is 25.4 Å². The summed E-state index contributed by atoms with van der Waals surface area (Å²) in [5.74, 6) is -0.661. The standard InChI is InChI=1S/C28H30F2N7O3/c1-18-6-4-10-36(18)11-5-13-40-24-15-22-19(14-23(24)39-2)28(32-17-31-22)34-25-9-12-37(35-25)16-26(38)33-21-8-3-7-20(29)27(21)30/h3,7-9,12,14-15,17-18H,1,4-6,10-11,13,16H2,2H3,(H,33,38)(H,31,32,34,35)/t18-/m1/s1. The number of carbonyl (C=O) groups excluding carboxylic acids is 1. The van der Waals surface area contributed by atoms with Gasteiger partial charge in [0.25, 0.3) is 0 Å². The molecule has 10 nitrogen and oxygen atoms in total. The minimum atomic E-state index is -1.12. The summed E-state index contributed by atoms with van der Waals surface area (Å²) in [4.78, 5) is 23.4. The lowest BCUT2D eigenvalue weighted by Crippen LogP contribution is -2.29. The summed E-state index contributed by atoms with van der Waals surface area (Å²) >= 11 is 0. The van der Waals surface area contributed by atoms with Crippen LogP contribution in [0, 0.1) is 18.6 Å². The number of likely N-dealkylation sites (tertiary alicyclic amines) is 1. The van der Waals surface area contributed by atoms with Crippen LogP contribution in [-0.2, 0) is 11.3 Å². The molecule has 3 heterocycles. The normalized spacial score (nSPS) is 15.3. The predicted octanol–water partition coefficient (Wildman–Crippen LogP) is 4.56. The Labute approximate surface area is 230 Å². The van der Waals surface area contributed by atoms with E-state index < -0.39 is 17.5 Å². The Kier molecular flexibility index (Phi) is 8.34. The SMILES string of the molecule is [CH2][C@@H]1CCCN1CCCOc1cc2ncnc(Nc3ccn(CC(=O)Nc4cccc(F)c4F)n3)c2cc1OC. The summed E-state index contributed by atoms with van der Waals surface area (Å²) in [6.07, 6.45) is 6.22. The maximum atomic E-state index is 13.8. The van der Waals surface area contributed by atoms with E-state index in [9.17, 15) is 13.6 Å². The third kappa shape index (κ3) is 6.28. The maximum absolute atomic E-state index is 13.8. The minimum absolute atomic E-state index is 0.205. The topological polar surface area (TPSA) is 106 Å². The number of nitrogens with one attached hydrogen (secondary N) is 2. The molecular formula is C28H30F2N7O3. The van der Waals surface area contributed by atoms with Crippen molar-refractivity contribution in [3.63, 3.8) is 0 Å². The molecule has 1 atom stereocenters. The Morgan fingerprint density at radius 2 is 2.08 bits per heavy atom. The van der Waals surface area contributed by atoms with Crippen LogP contribution in [0.25, 0.3) is 10.9 Å². The van der Waals surface area contributed by atoms with Crippen LogP contribution in [0.15, 0.2) is 48.9 Å². The summed E-state index contributed by atoms with van der Waals surface area (Å²) < 4.78 is 40.2.